The number of carbonyl (C=O) groups is 4. The highest BCUT2D eigenvalue weighted by Gasteiger charge is 2.33. The van der Waals surface area contributed by atoms with E-state index in [1.165, 1.54) is 6.42 Å². The Labute approximate surface area is 282 Å². The molecule has 0 heterocycles. The lowest BCUT2D eigenvalue weighted by Crippen LogP contribution is -2.57. The molecule has 47 heavy (non-hydrogen) atoms. The van der Waals surface area contributed by atoms with Crippen molar-refractivity contribution in [2.45, 2.75) is 149 Å². The molecule has 1 fully saturated rings. The van der Waals surface area contributed by atoms with Crippen LogP contribution in [0.15, 0.2) is 30.3 Å². The van der Waals surface area contributed by atoms with Gasteiger partial charge in [-0.25, -0.2) is 4.79 Å². The maximum atomic E-state index is 13.8. The molecule has 1 saturated carbocycles. The first kappa shape index (κ1) is 40.0. The zero-order valence-corrected chi connectivity index (χ0v) is 29.9. The molecule has 1 aliphatic rings. The summed E-state index contributed by atoms with van der Waals surface area (Å²) in [6, 6.07) is 6.93. The smallest absolute Gasteiger partial charge is 0.408 e. The molecule has 0 bridgehead atoms. The molecule has 0 unspecified atom stereocenters. The van der Waals surface area contributed by atoms with E-state index in [0.29, 0.717) is 37.6 Å². The molecule has 0 aliphatic heterocycles. The topological polar surface area (TPSA) is 146 Å². The number of hydrogen-bond donors (Lipinski definition) is 5. The summed E-state index contributed by atoms with van der Waals surface area (Å²) in [5.41, 5.74) is 0.0983. The Morgan fingerprint density at radius 3 is 2.13 bits per heavy atom. The molecule has 1 aromatic rings. The highest BCUT2D eigenvalue weighted by Crippen LogP contribution is 2.29. The van der Waals surface area contributed by atoms with E-state index in [-0.39, 0.29) is 24.7 Å². The summed E-state index contributed by atoms with van der Waals surface area (Å²) in [5, 5.41) is 23.1. The van der Waals surface area contributed by atoms with Crippen molar-refractivity contribution < 1.29 is 29.0 Å². The Morgan fingerprint density at radius 2 is 1.53 bits per heavy atom. The van der Waals surface area contributed by atoms with Crippen molar-refractivity contribution in [3.63, 3.8) is 0 Å². The van der Waals surface area contributed by atoms with Gasteiger partial charge in [-0.2, -0.15) is 0 Å². The Balaban J connectivity index is 2.19. The molecule has 5 N–H and O–H groups in total. The highest BCUT2D eigenvalue weighted by atomic mass is 16.6. The fourth-order valence-corrected chi connectivity index (χ4v) is 5.94. The molecule has 2 rings (SSSR count). The molecule has 10 heteroatoms. The molecule has 0 spiro atoms. The van der Waals surface area contributed by atoms with Crippen LogP contribution >= 0.6 is 0 Å². The van der Waals surface area contributed by atoms with Crippen LogP contribution in [0.2, 0.25) is 0 Å². The minimum Gasteiger partial charge on any atom is -0.444 e. The van der Waals surface area contributed by atoms with Crippen LogP contribution < -0.4 is 21.3 Å². The van der Waals surface area contributed by atoms with E-state index in [1.807, 2.05) is 37.3 Å². The molecule has 0 radical (unpaired) electrons. The van der Waals surface area contributed by atoms with Gasteiger partial charge in [0.05, 0.1) is 12.1 Å². The summed E-state index contributed by atoms with van der Waals surface area (Å²) in [6.07, 6.45) is 6.88. The van der Waals surface area contributed by atoms with Gasteiger partial charge in [0, 0.05) is 18.9 Å². The summed E-state index contributed by atoms with van der Waals surface area (Å²) in [7, 11) is 0. The zero-order chi connectivity index (χ0) is 35.0. The summed E-state index contributed by atoms with van der Waals surface area (Å²) >= 11 is 0. The molecule has 0 saturated heterocycles. The van der Waals surface area contributed by atoms with Crippen molar-refractivity contribution >= 4 is 23.8 Å². The van der Waals surface area contributed by atoms with E-state index in [4.69, 9.17) is 4.74 Å². The Morgan fingerprint density at radius 1 is 0.894 bits per heavy atom. The number of aliphatic hydroxyl groups excluding tert-OH is 1. The predicted octanol–water partition coefficient (Wildman–Crippen LogP) is 5.41. The lowest BCUT2D eigenvalue weighted by molar-refractivity contribution is -0.131. The van der Waals surface area contributed by atoms with Crippen LogP contribution in [0.5, 0.6) is 0 Å². The second-order valence-electron chi connectivity index (χ2n) is 14.6. The second-order valence-corrected chi connectivity index (χ2v) is 14.6. The predicted molar refractivity (Wildman–Crippen MR) is 186 cm³/mol. The number of rotatable bonds is 18. The molecule has 1 aromatic carbocycles. The number of nitrogens with one attached hydrogen (secondary N) is 4. The van der Waals surface area contributed by atoms with Gasteiger partial charge in [-0.3, -0.25) is 14.4 Å². The van der Waals surface area contributed by atoms with Crippen LogP contribution in [0.1, 0.15) is 118 Å². The molecule has 4 amide bonds. The first-order chi connectivity index (χ1) is 22.2. The Hall–Kier alpha value is -3.14. The largest absolute Gasteiger partial charge is 0.444 e. The van der Waals surface area contributed by atoms with Crippen LogP contribution in [0.25, 0.3) is 0 Å². The van der Waals surface area contributed by atoms with Crippen molar-refractivity contribution in [1.29, 1.82) is 0 Å². The van der Waals surface area contributed by atoms with Gasteiger partial charge in [-0.05, 0) is 57.4 Å². The standard InChI is InChI=1S/C37H62N4O6/c1-8-16-29(39-35(45)31(23-28-19-14-11-15-20-28)41-36(46)47-37(5,6)7)34(44)40-30(22-27-17-12-10-13-18-27)32(42)21-26(4)33(43)38-24-25(3)9-2/h11,14-15,19-20,25-27,29-32,42H,8-10,12-13,16-18,21-24H2,1-7H3,(H,38,43)(H,39,45)(H,40,44)(H,41,46)/t25-,26+,29-,30-,31-,32-/m0/s1. The lowest BCUT2D eigenvalue weighted by atomic mass is 9.82. The summed E-state index contributed by atoms with van der Waals surface area (Å²) in [5.74, 6) is -0.680. The first-order valence-corrected chi connectivity index (χ1v) is 17.8. The van der Waals surface area contributed by atoms with E-state index < -0.39 is 47.7 Å². The van der Waals surface area contributed by atoms with E-state index in [1.54, 1.807) is 27.7 Å². The maximum absolute atomic E-state index is 13.8. The molecule has 10 nitrogen and oxygen atoms in total. The molecule has 6 atom stereocenters. The monoisotopic (exact) mass is 658 g/mol. The minimum atomic E-state index is -0.974. The number of aliphatic hydroxyl groups is 1. The van der Waals surface area contributed by atoms with Crippen LogP contribution in [-0.4, -0.2) is 65.3 Å². The summed E-state index contributed by atoms with van der Waals surface area (Å²) in [4.78, 5) is 53.0. The lowest BCUT2D eigenvalue weighted by Gasteiger charge is -2.32. The molecule has 0 aromatic heterocycles. The minimum absolute atomic E-state index is 0.106. The molecule has 266 valence electrons. The molecular weight excluding hydrogens is 596 g/mol. The molecule has 1 aliphatic carbocycles. The maximum Gasteiger partial charge on any atom is 0.408 e. The van der Waals surface area contributed by atoms with Gasteiger partial charge < -0.3 is 31.1 Å². The quantitative estimate of drug-likeness (QED) is 0.143. The average molecular weight is 659 g/mol. The van der Waals surface area contributed by atoms with Gasteiger partial charge >= 0.3 is 6.09 Å². The van der Waals surface area contributed by atoms with Gasteiger partial charge in [0.15, 0.2) is 0 Å². The molecular formula is C37H62N4O6. The van der Waals surface area contributed by atoms with Crippen LogP contribution in [-0.2, 0) is 25.5 Å². The Kier molecular flexibility index (Phi) is 17.3. The van der Waals surface area contributed by atoms with Gasteiger partial charge in [-0.1, -0.05) is 103 Å². The normalized spacial score (nSPS) is 17.7. The van der Waals surface area contributed by atoms with Crippen molar-refractivity contribution in [3.05, 3.63) is 35.9 Å². The third-order valence-electron chi connectivity index (χ3n) is 8.97. The van der Waals surface area contributed by atoms with E-state index >= 15 is 0 Å². The number of benzene rings is 1. The van der Waals surface area contributed by atoms with Crippen molar-refractivity contribution in [2.24, 2.45) is 17.8 Å². The van der Waals surface area contributed by atoms with Crippen LogP contribution in [0.3, 0.4) is 0 Å². The summed E-state index contributed by atoms with van der Waals surface area (Å²) in [6.45, 7) is 13.7. The van der Waals surface area contributed by atoms with Gasteiger partial charge in [-0.15, -0.1) is 0 Å². The number of carbonyl (C=O) groups excluding carboxylic acids is 4. The van der Waals surface area contributed by atoms with Crippen molar-refractivity contribution in [1.82, 2.24) is 21.3 Å². The van der Waals surface area contributed by atoms with E-state index in [9.17, 15) is 24.3 Å². The SMILES string of the molecule is CCC[C@H](NC(=O)[C@H](Cc1ccccc1)NC(=O)OC(C)(C)C)C(=O)N[C@@H](CC1CCCCC1)[C@@H](O)C[C@@H](C)C(=O)NC[C@@H](C)CC. The zero-order valence-electron chi connectivity index (χ0n) is 29.9. The summed E-state index contributed by atoms with van der Waals surface area (Å²) < 4.78 is 5.42. The first-order valence-electron chi connectivity index (χ1n) is 17.8. The van der Waals surface area contributed by atoms with E-state index in [0.717, 1.165) is 37.7 Å². The fourth-order valence-electron chi connectivity index (χ4n) is 5.94. The van der Waals surface area contributed by atoms with Gasteiger partial charge in [0.2, 0.25) is 17.7 Å². The van der Waals surface area contributed by atoms with Crippen molar-refractivity contribution in [3.8, 4) is 0 Å². The number of ether oxygens (including phenoxy) is 1. The highest BCUT2D eigenvalue weighted by molar-refractivity contribution is 5.91. The van der Waals surface area contributed by atoms with E-state index in [2.05, 4.69) is 35.1 Å². The number of alkyl carbamates (subject to hydrolysis) is 1. The van der Waals surface area contributed by atoms with Gasteiger partial charge in [0.25, 0.3) is 0 Å². The fraction of sp³-hybridized carbons (Fsp3) is 0.730. The van der Waals surface area contributed by atoms with Crippen LogP contribution in [0.4, 0.5) is 4.79 Å². The second kappa shape index (κ2) is 20.3. The number of hydrogen-bond acceptors (Lipinski definition) is 6. The van der Waals surface area contributed by atoms with Crippen molar-refractivity contribution in [2.75, 3.05) is 6.54 Å². The third kappa shape index (κ3) is 15.5. The van der Waals surface area contributed by atoms with Crippen LogP contribution in [0, 0.1) is 17.8 Å². The Bertz CT molecular complexity index is 1100. The average Bonchev–Trinajstić information content (AvgIpc) is 3.02. The van der Waals surface area contributed by atoms with Gasteiger partial charge in [0.1, 0.15) is 17.7 Å². The third-order valence-corrected chi connectivity index (χ3v) is 8.97. The number of amides is 4.